The first-order chi connectivity index (χ1) is 13.9. The molecule has 0 fully saturated rings. The molecule has 0 saturated carbocycles. The molecule has 0 aliphatic carbocycles. The largest absolute Gasteiger partial charge is 0.469 e. The average Bonchev–Trinajstić information content (AvgIpc) is 2.75. The predicted octanol–water partition coefficient (Wildman–Crippen LogP) is 1.61. The molecule has 0 spiro atoms. The number of amides is 1. The number of carbonyl (C=O) groups excluding carboxylic acids is 3. The van der Waals surface area contributed by atoms with Crippen molar-refractivity contribution in [2.24, 2.45) is 0 Å². The summed E-state index contributed by atoms with van der Waals surface area (Å²) >= 11 is 0. The summed E-state index contributed by atoms with van der Waals surface area (Å²) < 4.78 is 9.49. The summed E-state index contributed by atoms with van der Waals surface area (Å²) in [6, 6.07) is 8.76. The van der Waals surface area contributed by atoms with Crippen LogP contribution in [-0.4, -0.2) is 48.0 Å². The molecule has 0 saturated heterocycles. The van der Waals surface area contributed by atoms with Gasteiger partial charge in [0.25, 0.3) is 11.6 Å². The van der Waals surface area contributed by atoms with Gasteiger partial charge >= 0.3 is 11.9 Å². The second kappa shape index (κ2) is 9.93. The monoisotopic (exact) mass is 401 g/mol. The van der Waals surface area contributed by atoms with E-state index >= 15 is 0 Å². The van der Waals surface area contributed by atoms with Gasteiger partial charge in [0.2, 0.25) is 0 Å². The molecule has 152 valence electrons. The number of hydrogen-bond donors (Lipinski definition) is 1. The fraction of sp³-hybridized carbons (Fsp3) is 0.263. The molecule has 2 atom stereocenters. The van der Waals surface area contributed by atoms with Gasteiger partial charge in [-0.3, -0.25) is 24.7 Å². The highest BCUT2D eigenvalue weighted by atomic mass is 16.6. The van der Waals surface area contributed by atoms with Crippen LogP contribution >= 0.6 is 0 Å². The normalized spacial score (nSPS) is 12.3. The molecular formula is C19H19N3O7. The van der Waals surface area contributed by atoms with Gasteiger partial charge in [0, 0.05) is 24.2 Å². The number of nitro groups is 1. The molecule has 0 unspecified atom stereocenters. The van der Waals surface area contributed by atoms with Gasteiger partial charge in [0.1, 0.15) is 11.7 Å². The molecule has 10 heteroatoms. The summed E-state index contributed by atoms with van der Waals surface area (Å²) in [5.74, 6) is -2.95. The first kappa shape index (κ1) is 21.5. The molecular weight excluding hydrogens is 382 g/mol. The fourth-order valence-electron chi connectivity index (χ4n) is 2.70. The van der Waals surface area contributed by atoms with Crippen LogP contribution in [0.1, 0.15) is 28.4 Å². The summed E-state index contributed by atoms with van der Waals surface area (Å²) in [6.45, 7) is 0. The van der Waals surface area contributed by atoms with Crippen LogP contribution in [0.3, 0.4) is 0 Å². The van der Waals surface area contributed by atoms with E-state index in [4.69, 9.17) is 9.47 Å². The Morgan fingerprint density at radius 3 is 2.31 bits per heavy atom. The van der Waals surface area contributed by atoms with Crippen LogP contribution in [-0.2, 0) is 19.1 Å². The maximum Gasteiger partial charge on any atom is 0.329 e. The van der Waals surface area contributed by atoms with Crippen molar-refractivity contribution in [1.29, 1.82) is 0 Å². The lowest BCUT2D eigenvalue weighted by molar-refractivity contribution is -0.384. The van der Waals surface area contributed by atoms with Gasteiger partial charge in [-0.1, -0.05) is 18.2 Å². The standard InChI is InChI=1S/C19H19N3O7/c1-28-16(23)11-14(12-6-8-13(9-7-12)22(26)27)17(19(25)29-2)21-18(24)15-5-3-4-10-20-15/h3-10,14,17H,11H2,1-2H3,(H,21,24)/t14-,17+/m1/s1. The zero-order valence-electron chi connectivity index (χ0n) is 15.7. The van der Waals surface area contributed by atoms with E-state index in [0.29, 0.717) is 5.56 Å². The Labute approximate surface area is 166 Å². The van der Waals surface area contributed by atoms with Crippen molar-refractivity contribution in [2.75, 3.05) is 14.2 Å². The van der Waals surface area contributed by atoms with Crippen molar-refractivity contribution in [3.8, 4) is 0 Å². The van der Waals surface area contributed by atoms with Crippen molar-refractivity contribution in [3.63, 3.8) is 0 Å². The van der Waals surface area contributed by atoms with E-state index in [0.717, 1.165) is 7.11 Å². The lowest BCUT2D eigenvalue weighted by atomic mass is 9.88. The lowest BCUT2D eigenvalue weighted by Crippen LogP contribution is -2.46. The van der Waals surface area contributed by atoms with Gasteiger partial charge < -0.3 is 14.8 Å². The number of nitrogens with zero attached hydrogens (tertiary/aromatic N) is 2. The predicted molar refractivity (Wildman–Crippen MR) is 100.0 cm³/mol. The highest BCUT2D eigenvalue weighted by Crippen LogP contribution is 2.27. The number of esters is 2. The second-order valence-electron chi connectivity index (χ2n) is 5.92. The van der Waals surface area contributed by atoms with E-state index in [1.165, 1.54) is 43.6 Å². The van der Waals surface area contributed by atoms with E-state index in [2.05, 4.69) is 10.3 Å². The molecule has 1 amide bonds. The maximum atomic E-state index is 12.5. The Morgan fingerprint density at radius 1 is 1.10 bits per heavy atom. The Morgan fingerprint density at radius 2 is 1.79 bits per heavy atom. The topological polar surface area (TPSA) is 138 Å². The van der Waals surface area contributed by atoms with E-state index in [1.807, 2.05) is 0 Å². The summed E-state index contributed by atoms with van der Waals surface area (Å²) in [7, 11) is 2.34. The lowest BCUT2D eigenvalue weighted by Gasteiger charge is -2.25. The summed E-state index contributed by atoms with van der Waals surface area (Å²) in [5, 5.41) is 13.4. The number of nitrogens with one attached hydrogen (secondary N) is 1. The van der Waals surface area contributed by atoms with E-state index in [-0.39, 0.29) is 17.8 Å². The van der Waals surface area contributed by atoms with Gasteiger partial charge in [-0.25, -0.2) is 4.79 Å². The van der Waals surface area contributed by atoms with Gasteiger partial charge in [0.15, 0.2) is 0 Å². The number of nitro benzene ring substituents is 1. The molecule has 0 bridgehead atoms. The second-order valence-corrected chi connectivity index (χ2v) is 5.92. The zero-order valence-corrected chi connectivity index (χ0v) is 15.7. The Bertz CT molecular complexity index is 884. The Kier molecular flexibility index (Phi) is 7.35. The smallest absolute Gasteiger partial charge is 0.329 e. The number of carbonyl (C=O) groups is 3. The summed E-state index contributed by atoms with van der Waals surface area (Å²) in [4.78, 5) is 51.1. The minimum atomic E-state index is -1.25. The average molecular weight is 401 g/mol. The van der Waals surface area contributed by atoms with Crippen LogP contribution in [0.5, 0.6) is 0 Å². The summed E-state index contributed by atoms with van der Waals surface area (Å²) in [5.41, 5.74) is 0.331. The van der Waals surface area contributed by atoms with Crippen LogP contribution < -0.4 is 5.32 Å². The third kappa shape index (κ3) is 5.58. The van der Waals surface area contributed by atoms with Crippen LogP contribution in [0.15, 0.2) is 48.7 Å². The minimum Gasteiger partial charge on any atom is -0.469 e. The van der Waals surface area contributed by atoms with Gasteiger partial charge in [-0.15, -0.1) is 0 Å². The van der Waals surface area contributed by atoms with Gasteiger partial charge in [-0.05, 0) is 17.7 Å². The van der Waals surface area contributed by atoms with E-state index < -0.39 is 34.7 Å². The molecule has 10 nitrogen and oxygen atoms in total. The van der Waals surface area contributed by atoms with Gasteiger partial charge in [0.05, 0.1) is 25.6 Å². The molecule has 29 heavy (non-hydrogen) atoms. The number of ether oxygens (including phenoxy) is 2. The molecule has 0 aliphatic rings. The third-order valence-corrected chi connectivity index (χ3v) is 4.19. The van der Waals surface area contributed by atoms with Crippen LogP contribution in [0.4, 0.5) is 5.69 Å². The Balaban J connectivity index is 2.40. The number of pyridine rings is 1. The highest BCUT2D eigenvalue weighted by Gasteiger charge is 2.34. The molecule has 2 rings (SSSR count). The SMILES string of the molecule is COC(=O)C[C@H](c1ccc([N+](=O)[O-])cc1)[C@H](NC(=O)c1ccccn1)C(=O)OC. The molecule has 1 heterocycles. The van der Waals surface area contributed by atoms with Crippen molar-refractivity contribution in [3.05, 3.63) is 70.0 Å². The number of methoxy groups -OCH3 is 2. The summed E-state index contributed by atoms with van der Waals surface area (Å²) in [6.07, 6.45) is 1.15. The van der Waals surface area contributed by atoms with Crippen molar-refractivity contribution in [1.82, 2.24) is 10.3 Å². The quantitative estimate of drug-likeness (QED) is 0.400. The number of benzene rings is 1. The first-order valence-corrected chi connectivity index (χ1v) is 8.48. The van der Waals surface area contributed by atoms with Crippen molar-refractivity contribution < 1.29 is 28.8 Å². The number of aromatic nitrogens is 1. The van der Waals surface area contributed by atoms with Crippen LogP contribution in [0.2, 0.25) is 0 Å². The van der Waals surface area contributed by atoms with Crippen molar-refractivity contribution in [2.45, 2.75) is 18.4 Å². The number of hydrogen-bond acceptors (Lipinski definition) is 8. The van der Waals surface area contributed by atoms with Crippen LogP contribution in [0.25, 0.3) is 0 Å². The molecule has 0 aliphatic heterocycles. The molecule has 2 aromatic rings. The molecule has 1 aromatic carbocycles. The molecule has 1 N–H and O–H groups in total. The van der Waals surface area contributed by atoms with Crippen LogP contribution in [0, 0.1) is 10.1 Å². The first-order valence-electron chi connectivity index (χ1n) is 8.48. The molecule has 1 aromatic heterocycles. The highest BCUT2D eigenvalue weighted by molar-refractivity contribution is 5.95. The molecule has 0 radical (unpaired) electrons. The Hall–Kier alpha value is -3.82. The third-order valence-electron chi connectivity index (χ3n) is 4.19. The van der Waals surface area contributed by atoms with Crippen molar-refractivity contribution >= 4 is 23.5 Å². The minimum absolute atomic E-state index is 0.0712. The van der Waals surface area contributed by atoms with Gasteiger partial charge in [-0.2, -0.15) is 0 Å². The number of non-ortho nitro benzene ring substituents is 1. The number of rotatable bonds is 8. The zero-order chi connectivity index (χ0) is 21.4. The fourth-order valence-corrected chi connectivity index (χ4v) is 2.70. The van der Waals surface area contributed by atoms with E-state index in [9.17, 15) is 24.5 Å². The van der Waals surface area contributed by atoms with E-state index in [1.54, 1.807) is 12.1 Å². The maximum absolute atomic E-state index is 12.5.